The highest BCUT2D eigenvalue weighted by atomic mass is 32.1. The van der Waals surface area contributed by atoms with Gasteiger partial charge in [0.1, 0.15) is 5.75 Å². The number of hydrogen-bond donors (Lipinski definition) is 1. The van der Waals surface area contributed by atoms with Crippen LogP contribution in [-0.2, 0) is 20.8 Å². The Morgan fingerprint density at radius 2 is 1.94 bits per heavy atom. The van der Waals surface area contributed by atoms with E-state index in [-0.39, 0.29) is 24.1 Å². The van der Waals surface area contributed by atoms with E-state index in [2.05, 4.69) is 20.2 Å². The van der Waals surface area contributed by atoms with Crippen molar-refractivity contribution in [3.05, 3.63) is 47.5 Å². The maximum absolute atomic E-state index is 12.7. The van der Waals surface area contributed by atoms with Crippen LogP contribution in [-0.4, -0.2) is 67.1 Å². The summed E-state index contributed by atoms with van der Waals surface area (Å²) in [5, 5.41) is 4.90. The van der Waals surface area contributed by atoms with E-state index in [0.717, 1.165) is 24.5 Å². The molecule has 0 spiro atoms. The molecule has 1 aromatic carbocycles. The quantitative estimate of drug-likeness (QED) is 0.715. The third-order valence-electron chi connectivity index (χ3n) is 5.30. The first-order chi connectivity index (χ1) is 15.5. The zero-order chi connectivity index (χ0) is 22.5. The Balaban J connectivity index is 1.26. The number of dihydropyridines is 1. The second-order valence-corrected chi connectivity index (χ2v) is 8.24. The van der Waals surface area contributed by atoms with Gasteiger partial charge in [0.15, 0.2) is 5.13 Å². The molecule has 0 aliphatic carbocycles. The fraction of sp³-hybridized carbons (Fsp3) is 0.318. The van der Waals surface area contributed by atoms with Crippen LogP contribution in [0, 0.1) is 5.92 Å². The molecule has 1 unspecified atom stereocenters. The SMILES string of the molecule is COc1ccc(N2CCN(C(=O)Cc3csc(NC(=O)C4C=CC(=O)N=C4)n3)CC2)cc1. The molecule has 3 heterocycles. The molecular formula is C22H23N5O4S. The summed E-state index contributed by atoms with van der Waals surface area (Å²) in [4.78, 5) is 48.1. The molecule has 1 aromatic heterocycles. The molecule has 2 aliphatic rings. The van der Waals surface area contributed by atoms with Crippen molar-refractivity contribution in [1.82, 2.24) is 9.88 Å². The zero-order valence-electron chi connectivity index (χ0n) is 17.6. The van der Waals surface area contributed by atoms with Crippen molar-refractivity contribution in [3.8, 4) is 5.75 Å². The minimum Gasteiger partial charge on any atom is -0.497 e. The molecule has 4 rings (SSSR count). The number of amides is 3. The van der Waals surface area contributed by atoms with Crippen molar-refractivity contribution < 1.29 is 19.1 Å². The molecule has 2 aliphatic heterocycles. The van der Waals surface area contributed by atoms with E-state index in [1.165, 1.54) is 29.7 Å². The molecule has 32 heavy (non-hydrogen) atoms. The number of carbonyl (C=O) groups is 3. The largest absolute Gasteiger partial charge is 0.497 e. The predicted octanol–water partition coefficient (Wildman–Crippen LogP) is 1.76. The lowest BCUT2D eigenvalue weighted by molar-refractivity contribution is -0.130. The fourth-order valence-electron chi connectivity index (χ4n) is 3.50. The highest BCUT2D eigenvalue weighted by Gasteiger charge is 2.23. The first kappa shape index (κ1) is 21.7. The van der Waals surface area contributed by atoms with Crippen LogP contribution in [0.25, 0.3) is 0 Å². The average molecular weight is 454 g/mol. The fourth-order valence-corrected chi connectivity index (χ4v) is 4.21. The number of aliphatic imine (C=N–C) groups is 1. The third-order valence-corrected chi connectivity index (χ3v) is 6.10. The first-order valence-corrected chi connectivity index (χ1v) is 11.1. The summed E-state index contributed by atoms with van der Waals surface area (Å²) in [7, 11) is 1.64. The third kappa shape index (κ3) is 5.20. The zero-order valence-corrected chi connectivity index (χ0v) is 18.4. The van der Waals surface area contributed by atoms with Crippen LogP contribution in [0.4, 0.5) is 10.8 Å². The van der Waals surface area contributed by atoms with Crippen LogP contribution in [0.2, 0.25) is 0 Å². The summed E-state index contributed by atoms with van der Waals surface area (Å²) < 4.78 is 5.20. The van der Waals surface area contributed by atoms with Crippen molar-refractivity contribution in [3.63, 3.8) is 0 Å². The molecule has 0 radical (unpaired) electrons. The van der Waals surface area contributed by atoms with E-state index in [1.807, 2.05) is 29.2 Å². The van der Waals surface area contributed by atoms with Gasteiger partial charge in [-0.25, -0.2) is 9.98 Å². The topological polar surface area (TPSA) is 104 Å². The average Bonchev–Trinajstić information content (AvgIpc) is 3.26. The highest BCUT2D eigenvalue weighted by molar-refractivity contribution is 7.14. The van der Waals surface area contributed by atoms with Crippen molar-refractivity contribution in [1.29, 1.82) is 0 Å². The number of anilines is 2. The van der Waals surface area contributed by atoms with Crippen LogP contribution in [0.15, 0.2) is 46.8 Å². The summed E-state index contributed by atoms with van der Waals surface area (Å²) in [6.45, 7) is 2.81. The Morgan fingerprint density at radius 3 is 2.59 bits per heavy atom. The number of carbonyl (C=O) groups excluding carboxylic acids is 3. The van der Waals surface area contributed by atoms with E-state index in [0.29, 0.717) is 23.9 Å². The number of rotatable bonds is 6. The van der Waals surface area contributed by atoms with Crippen LogP contribution >= 0.6 is 11.3 Å². The lowest BCUT2D eigenvalue weighted by Gasteiger charge is -2.36. The van der Waals surface area contributed by atoms with Crippen LogP contribution in [0.5, 0.6) is 5.75 Å². The molecule has 0 saturated carbocycles. The standard InChI is InChI=1S/C22H23N5O4S/c1-31-18-5-3-17(4-6-18)26-8-10-27(11-9-26)20(29)12-16-14-32-22(24-16)25-21(30)15-2-7-19(28)23-13-15/h2-7,13-15H,8-12H2,1H3,(H,24,25,30). The number of thiazole rings is 1. The van der Waals surface area contributed by atoms with Gasteiger partial charge in [-0.2, -0.15) is 0 Å². The van der Waals surface area contributed by atoms with Crippen molar-refractivity contribution in [2.45, 2.75) is 6.42 Å². The molecule has 0 bridgehead atoms. The van der Waals surface area contributed by atoms with Gasteiger partial charge in [0, 0.05) is 49.5 Å². The Hall–Kier alpha value is -3.53. The van der Waals surface area contributed by atoms with Gasteiger partial charge in [-0.1, -0.05) is 6.08 Å². The van der Waals surface area contributed by atoms with Crippen molar-refractivity contribution in [2.75, 3.05) is 43.5 Å². The van der Waals surface area contributed by atoms with Crippen LogP contribution < -0.4 is 15.0 Å². The number of ether oxygens (including phenoxy) is 1. The number of nitrogens with zero attached hydrogens (tertiary/aromatic N) is 4. The Morgan fingerprint density at radius 1 is 1.19 bits per heavy atom. The van der Waals surface area contributed by atoms with E-state index >= 15 is 0 Å². The number of aromatic nitrogens is 1. The lowest BCUT2D eigenvalue weighted by atomic mass is 10.1. The van der Waals surface area contributed by atoms with Gasteiger partial charge >= 0.3 is 0 Å². The van der Waals surface area contributed by atoms with E-state index < -0.39 is 5.92 Å². The number of benzene rings is 1. The minimum absolute atomic E-state index is 0.0171. The van der Waals surface area contributed by atoms with Gasteiger partial charge in [-0.3, -0.25) is 14.4 Å². The molecule has 9 nitrogen and oxygen atoms in total. The van der Waals surface area contributed by atoms with E-state index in [9.17, 15) is 14.4 Å². The molecule has 1 N–H and O–H groups in total. The summed E-state index contributed by atoms with van der Waals surface area (Å²) >= 11 is 1.26. The van der Waals surface area contributed by atoms with Crippen LogP contribution in [0.3, 0.4) is 0 Å². The first-order valence-electron chi connectivity index (χ1n) is 10.2. The maximum Gasteiger partial charge on any atom is 0.269 e. The Bertz CT molecular complexity index is 1040. The van der Waals surface area contributed by atoms with Gasteiger partial charge in [-0.15, -0.1) is 11.3 Å². The van der Waals surface area contributed by atoms with Gasteiger partial charge < -0.3 is 19.9 Å². The predicted molar refractivity (Wildman–Crippen MR) is 122 cm³/mol. The number of hydrogen-bond acceptors (Lipinski definition) is 7. The van der Waals surface area contributed by atoms with Crippen molar-refractivity contribution in [2.24, 2.45) is 10.9 Å². The van der Waals surface area contributed by atoms with Crippen LogP contribution in [0.1, 0.15) is 5.69 Å². The lowest BCUT2D eigenvalue weighted by Crippen LogP contribution is -2.49. The molecule has 1 atom stereocenters. The monoisotopic (exact) mass is 453 g/mol. The molecule has 1 saturated heterocycles. The smallest absolute Gasteiger partial charge is 0.269 e. The summed E-state index contributed by atoms with van der Waals surface area (Å²) in [5.74, 6) is -0.472. The number of piperazine rings is 1. The second-order valence-electron chi connectivity index (χ2n) is 7.38. The molecule has 3 amide bonds. The molecule has 166 valence electrons. The summed E-state index contributed by atoms with van der Waals surface area (Å²) in [6.07, 6.45) is 4.26. The van der Waals surface area contributed by atoms with Crippen molar-refractivity contribution >= 4 is 46.1 Å². The second kappa shape index (κ2) is 9.73. The minimum atomic E-state index is -0.608. The molecule has 2 aromatic rings. The summed E-state index contributed by atoms with van der Waals surface area (Å²) in [5.41, 5.74) is 1.73. The number of methoxy groups -OCH3 is 1. The van der Waals surface area contributed by atoms with Gasteiger partial charge in [0.2, 0.25) is 11.8 Å². The van der Waals surface area contributed by atoms with E-state index in [4.69, 9.17) is 4.74 Å². The highest BCUT2D eigenvalue weighted by Crippen LogP contribution is 2.21. The normalized spacial score (nSPS) is 18.0. The van der Waals surface area contributed by atoms with Gasteiger partial charge in [0.05, 0.1) is 25.1 Å². The molecular weight excluding hydrogens is 430 g/mol. The molecule has 10 heteroatoms. The molecule has 1 fully saturated rings. The summed E-state index contributed by atoms with van der Waals surface area (Å²) in [6, 6.07) is 7.91. The van der Waals surface area contributed by atoms with E-state index in [1.54, 1.807) is 12.5 Å². The van der Waals surface area contributed by atoms with Gasteiger partial charge in [-0.05, 0) is 24.3 Å². The van der Waals surface area contributed by atoms with Gasteiger partial charge in [0.25, 0.3) is 5.91 Å². The Labute approximate surface area is 189 Å². The maximum atomic E-state index is 12.7. The number of nitrogens with one attached hydrogen (secondary N) is 1. The Kier molecular flexibility index (Phi) is 6.60.